The Labute approximate surface area is 333 Å². The molecule has 6 rings (SSSR count). The molecular weight excluding hydrogens is 753 g/mol. The van der Waals surface area contributed by atoms with E-state index >= 15 is 0 Å². The van der Waals surface area contributed by atoms with Gasteiger partial charge in [0, 0.05) is 31.0 Å². The van der Waals surface area contributed by atoms with Crippen LogP contribution < -0.4 is 30.1 Å². The van der Waals surface area contributed by atoms with E-state index in [1.165, 1.54) is 11.0 Å². The van der Waals surface area contributed by atoms with Gasteiger partial charge in [0.2, 0.25) is 27.7 Å². The zero-order valence-electron chi connectivity index (χ0n) is 32.9. The van der Waals surface area contributed by atoms with E-state index in [9.17, 15) is 27.6 Å². The van der Waals surface area contributed by atoms with Crippen molar-refractivity contribution in [3.05, 3.63) is 79.0 Å². The third kappa shape index (κ3) is 9.50. The summed E-state index contributed by atoms with van der Waals surface area (Å²) in [4.78, 5) is 62.1. The smallest absolute Gasteiger partial charge is 0.315 e. The van der Waals surface area contributed by atoms with Crippen molar-refractivity contribution in [3.63, 3.8) is 0 Å². The topological polar surface area (TPSA) is 194 Å². The summed E-state index contributed by atoms with van der Waals surface area (Å²) < 4.78 is 44.9. The van der Waals surface area contributed by atoms with E-state index in [0.717, 1.165) is 10.9 Å². The monoisotopic (exact) mass is 804 g/mol. The number of urea groups is 1. The Morgan fingerprint density at radius 2 is 1.79 bits per heavy atom. The van der Waals surface area contributed by atoms with E-state index in [2.05, 4.69) is 32.2 Å². The van der Waals surface area contributed by atoms with Crippen molar-refractivity contribution >= 4 is 44.5 Å². The SMILES string of the molecule is C=C[C@@H]1C[C@]1(NC(=O)[C@@H]1C[C@@H](Oc2nccc3cc(OC)ccc23)CN1C(=O)[C@@H](NC(=O)N[C@H](COC)Cc1ccccc1)C(C)(C)C)C(=O)NS(=O)(=O)C1CC1. The molecule has 3 aliphatic rings. The predicted octanol–water partition coefficient (Wildman–Crippen LogP) is 3.23. The highest BCUT2D eigenvalue weighted by atomic mass is 32.2. The summed E-state index contributed by atoms with van der Waals surface area (Å²) in [5, 5.41) is 9.46. The molecule has 0 unspecified atom stereocenters. The van der Waals surface area contributed by atoms with Gasteiger partial charge >= 0.3 is 6.03 Å². The Morgan fingerprint density at radius 1 is 1.05 bits per heavy atom. The van der Waals surface area contributed by atoms with Crippen LogP contribution in [-0.2, 0) is 35.6 Å². The van der Waals surface area contributed by atoms with E-state index in [1.807, 2.05) is 48.5 Å². The van der Waals surface area contributed by atoms with E-state index in [4.69, 9.17) is 14.2 Å². The second-order valence-corrected chi connectivity index (χ2v) is 18.1. The number of nitrogens with zero attached hydrogens (tertiary/aromatic N) is 2. The quantitative estimate of drug-likeness (QED) is 0.156. The second kappa shape index (κ2) is 16.7. The first-order valence-electron chi connectivity index (χ1n) is 19.1. The number of hydrogen-bond donors (Lipinski definition) is 4. The van der Waals surface area contributed by atoms with Gasteiger partial charge in [-0.25, -0.2) is 18.2 Å². The molecule has 0 radical (unpaired) electrons. The number of aromatic nitrogens is 1. The van der Waals surface area contributed by atoms with Crippen LogP contribution in [0.15, 0.2) is 73.4 Å². The Kier molecular flexibility index (Phi) is 12.1. The number of methoxy groups -OCH3 is 2. The molecule has 4 N–H and O–H groups in total. The Hall–Kier alpha value is -5.22. The van der Waals surface area contributed by atoms with Crippen molar-refractivity contribution in [3.8, 4) is 11.6 Å². The average molecular weight is 805 g/mol. The van der Waals surface area contributed by atoms with Crippen LogP contribution in [0.2, 0.25) is 0 Å². The van der Waals surface area contributed by atoms with Gasteiger partial charge in [0.1, 0.15) is 29.5 Å². The highest BCUT2D eigenvalue weighted by molar-refractivity contribution is 7.91. The van der Waals surface area contributed by atoms with E-state index in [0.29, 0.717) is 30.4 Å². The minimum Gasteiger partial charge on any atom is -0.497 e. The number of carbonyl (C=O) groups is 4. The number of rotatable bonds is 16. The first kappa shape index (κ1) is 41.4. The van der Waals surface area contributed by atoms with Crippen molar-refractivity contribution in [1.29, 1.82) is 0 Å². The van der Waals surface area contributed by atoms with Gasteiger partial charge in [-0.1, -0.05) is 57.2 Å². The molecule has 57 heavy (non-hydrogen) atoms. The highest BCUT2D eigenvalue weighted by Crippen LogP contribution is 2.45. The number of ether oxygens (including phenoxy) is 3. The fourth-order valence-corrected chi connectivity index (χ4v) is 8.69. The van der Waals surface area contributed by atoms with Crippen molar-refractivity contribution in [1.82, 2.24) is 30.6 Å². The summed E-state index contributed by atoms with van der Waals surface area (Å²) in [5.74, 6) is -1.66. The summed E-state index contributed by atoms with van der Waals surface area (Å²) in [6, 6.07) is 13.6. The molecule has 306 valence electrons. The summed E-state index contributed by atoms with van der Waals surface area (Å²) in [6.07, 6.45) is 3.90. The zero-order chi connectivity index (χ0) is 41.1. The molecule has 1 saturated heterocycles. The van der Waals surface area contributed by atoms with Crippen LogP contribution in [0.1, 0.15) is 52.0 Å². The molecule has 1 aliphatic heterocycles. The van der Waals surface area contributed by atoms with Crippen LogP contribution in [0.3, 0.4) is 0 Å². The average Bonchev–Trinajstić information content (AvgIpc) is 4.10. The zero-order valence-corrected chi connectivity index (χ0v) is 33.8. The first-order chi connectivity index (χ1) is 27.1. The standard InChI is InChI=1S/C41H52N6O9S/c1-7-27-22-41(27,38(50)46-57(52,53)31-14-15-31)45-35(48)33-21-30(56-36-32-16-13-29(55-6)20-26(32)17-18-42-36)23-47(33)37(49)34(40(2,3)4)44-39(51)43-28(24-54-5)19-25-11-9-8-10-12-25/h7-13,16-18,20,27-28,30-31,33-34H,1,14-15,19,21-24H2,2-6H3,(H,45,48)(H,46,50)(H2,43,44,51)/t27-,28+,30-,33+,34-,41-/m1/s1. The maximum absolute atomic E-state index is 14.8. The van der Waals surface area contributed by atoms with E-state index in [-0.39, 0.29) is 31.9 Å². The number of benzene rings is 2. The number of fused-ring (bicyclic) bond motifs is 1. The van der Waals surface area contributed by atoms with Crippen LogP contribution in [0.4, 0.5) is 4.79 Å². The predicted molar refractivity (Wildman–Crippen MR) is 213 cm³/mol. The van der Waals surface area contributed by atoms with Gasteiger partial charge in [-0.2, -0.15) is 0 Å². The van der Waals surface area contributed by atoms with Crippen molar-refractivity contribution in [2.45, 2.75) is 87.9 Å². The molecular formula is C41H52N6O9S. The van der Waals surface area contributed by atoms with Crippen molar-refractivity contribution in [2.24, 2.45) is 11.3 Å². The maximum atomic E-state index is 14.8. The van der Waals surface area contributed by atoms with Crippen molar-refractivity contribution in [2.75, 3.05) is 27.4 Å². The van der Waals surface area contributed by atoms with Gasteiger partial charge in [0.15, 0.2) is 0 Å². The van der Waals surface area contributed by atoms with Gasteiger partial charge in [0.05, 0.1) is 31.6 Å². The van der Waals surface area contributed by atoms with Gasteiger partial charge in [-0.3, -0.25) is 19.1 Å². The van der Waals surface area contributed by atoms with Crippen LogP contribution in [0.25, 0.3) is 10.8 Å². The Balaban J connectivity index is 1.26. The minimum absolute atomic E-state index is 0.0126. The number of amides is 5. The fourth-order valence-electron chi connectivity index (χ4n) is 7.33. The fraction of sp³-hybridized carbons (Fsp3) is 0.488. The molecule has 16 heteroatoms. The molecule has 5 amide bonds. The molecule has 2 saturated carbocycles. The van der Waals surface area contributed by atoms with Crippen LogP contribution >= 0.6 is 0 Å². The van der Waals surface area contributed by atoms with Crippen LogP contribution in [0, 0.1) is 11.3 Å². The van der Waals surface area contributed by atoms with Gasteiger partial charge in [0.25, 0.3) is 5.91 Å². The van der Waals surface area contributed by atoms with Gasteiger partial charge in [-0.15, -0.1) is 6.58 Å². The molecule has 2 aliphatic carbocycles. The number of sulfonamides is 1. The molecule has 0 spiro atoms. The van der Waals surface area contributed by atoms with E-state index in [1.54, 1.807) is 47.3 Å². The summed E-state index contributed by atoms with van der Waals surface area (Å²) in [7, 11) is -0.804. The number of likely N-dealkylation sites (tertiary alicyclic amines) is 1. The van der Waals surface area contributed by atoms with E-state index < -0.39 is 80.1 Å². The summed E-state index contributed by atoms with van der Waals surface area (Å²) >= 11 is 0. The van der Waals surface area contributed by atoms with Gasteiger partial charge in [-0.05, 0) is 66.3 Å². The molecule has 2 aromatic carbocycles. The van der Waals surface area contributed by atoms with Gasteiger partial charge < -0.3 is 35.1 Å². The molecule has 15 nitrogen and oxygen atoms in total. The second-order valence-electron chi connectivity index (χ2n) is 16.1. The summed E-state index contributed by atoms with van der Waals surface area (Å²) in [6.45, 7) is 9.37. The maximum Gasteiger partial charge on any atom is 0.315 e. The Morgan fingerprint density at radius 3 is 2.42 bits per heavy atom. The number of nitrogens with one attached hydrogen (secondary N) is 4. The molecule has 0 bridgehead atoms. The molecule has 6 atom stereocenters. The van der Waals surface area contributed by atoms with Crippen LogP contribution in [0.5, 0.6) is 11.6 Å². The lowest BCUT2D eigenvalue weighted by atomic mass is 9.85. The third-order valence-electron chi connectivity index (χ3n) is 10.7. The highest BCUT2D eigenvalue weighted by Gasteiger charge is 2.62. The largest absolute Gasteiger partial charge is 0.497 e. The minimum atomic E-state index is -3.91. The number of pyridine rings is 1. The first-order valence-corrected chi connectivity index (χ1v) is 20.6. The molecule has 1 aromatic heterocycles. The van der Waals surface area contributed by atoms with Crippen molar-refractivity contribution < 1.29 is 41.8 Å². The lowest BCUT2D eigenvalue weighted by Gasteiger charge is -2.36. The lowest BCUT2D eigenvalue weighted by Crippen LogP contribution is -2.61. The van der Waals surface area contributed by atoms with Crippen LogP contribution in [-0.4, -0.2) is 104 Å². The third-order valence-corrected chi connectivity index (χ3v) is 12.5. The number of hydrogen-bond acceptors (Lipinski definition) is 10. The normalized spacial score (nSPS) is 22.8. The Bertz CT molecular complexity index is 2110. The number of carbonyl (C=O) groups excluding carboxylic acids is 4. The molecule has 3 fully saturated rings. The summed E-state index contributed by atoms with van der Waals surface area (Å²) in [5.41, 5.74) is -1.41. The lowest BCUT2D eigenvalue weighted by molar-refractivity contribution is -0.142. The molecule has 3 aromatic rings. The molecule has 2 heterocycles.